The number of carbonyl (C=O) groups excluding carboxylic acids is 1. The second-order valence-corrected chi connectivity index (χ2v) is 4.88. The summed E-state index contributed by atoms with van der Waals surface area (Å²) in [7, 11) is 0. The van der Waals surface area contributed by atoms with E-state index in [4.69, 9.17) is 5.11 Å². The summed E-state index contributed by atoms with van der Waals surface area (Å²) in [5.74, 6) is 0.850. The molecule has 0 spiro atoms. The molecule has 1 rings (SSSR count). The van der Waals surface area contributed by atoms with E-state index in [1.165, 1.54) is 19.3 Å². The molecule has 1 aliphatic rings. The van der Waals surface area contributed by atoms with Gasteiger partial charge in [-0.1, -0.05) is 13.3 Å². The zero-order chi connectivity index (χ0) is 12.7. The van der Waals surface area contributed by atoms with E-state index in [0.717, 1.165) is 18.8 Å². The molecule has 0 aromatic carbocycles. The number of amides is 2. The largest absolute Gasteiger partial charge is 0.395 e. The van der Waals surface area contributed by atoms with Crippen molar-refractivity contribution in [3.8, 4) is 0 Å². The predicted octanol–water partition coefficient (Wildman–Crippen LogP) is 1.98. The highest BCUT2D eigenvalue weighted by atomic mass is 16.3. The summed E-state index contributed by atoms with van der Waals surface area (Å²) in [6.07, 6.45) is 5.91. The lowest BCUT2D eigenvalue weighted by Gasteiger charge is -2.30. The summed E-state index contributed by atoms with van der Waals surface area (Å²) in [5, 5.41) is 11.9. The monoisotopic (exact) mass is 242 g/mol. The number of urea groups is 1. The van der Waals surface area contributed by atoms with Crippen molar-refractivity contribution >= 4 is 6.03 Å². The van der Waals surface area contributed by atoms with Gasteiger partial charge in [0, 0.05) is 19.1 Å². The number of nitrogens with zero attached hydrogens (tertiary/aromatic N) is 1. The fourth-order valence-corrected chi connectivity index (χ4v) is 2.50. The Labute approximate surface area is 104 Å². The molecule has 0 unspecified atom stereocenters. The molecule has 0 heterocycles. The molecule has 0 bridgehead atoms. The van der Waals surface area contributed by atoms with Crippen LogP contribution in [-0.4, -0.2) is 41.8 Å². The van der Waals surface area contributed by atoms with Crippen LogP contribution >= 0.6 is 0 Å². The number of aliphatic hydroxyl groups excluding tert-OH is 1. The smallest absolute Gasteiger partial charge is 0.317 e. The molecule has 2 amide bonds. The first-order chi connectivity index (χ1) is 8.21. The number of hydrogen-bond donors (Lipinski definition) is 2. The van der Waals surface area contributed by atoms with Crippen LogP contribution in [0.15, 0.2) is 0 Å². The molecule has 2 N–H and O–H groups in total. The van der Waals surface area contributed by atoms with Crippen molar-refractivity contribution in [2.45, 2.75) is 52.0 Å². The van der Waals surface area contributed by atoms with Crippen molar-refractivity contribution in [2.75, 3.05) is 19.7 Å². The highest BCUT2D eigenvalue weighted by molar-refractivity contribution is 5.74. The lowest BCUT2D eigenvalue weighted by molar-refractivity contribution is 0.171. The topological polar surface area (TPSA) is 52.6 Å². The molecule has 4 heteroatoms. The van der Waals surface area contributed by atoms with Crippen LogP contribution in [0.3, 0.4) is 0 Å². The van der Waals surface area contributed by atoms with Gasteiger partial charge < -0.3 is 15.3 Å². The highest BCUT2D eigenvalue weighted by Crippen LogP contribution is 2.26. The van der Waals surface area contributed by atoms with E-state index in [9.17, 15) is 4.79 Å². The van der Waals surface area contributed by atoms with Gasteiger partial charge >= 0.3 is 6.03 Å². The van der Waals surface area contributed by atoms with Gasteiger partial charge in [-0.25, -0.2) is 4.79 Å². The van der Waals surface area contributed by atoms with E-state index in [2.05, 4.69) is 12.2 Å². The quantitative estimate of drug-likeness (QED) is 0.774. The number of likely N-dealkylation sites (N-methyl/N-ethyl adjacent to an activating group) is 1. The molecule has 0 saturated heterocycles. The first-order valence-corrected chi connectivity index (χ1v) is 6.87. The molecular formula is C13H26N2O2. The van der Waals surface area contributed by atoms with Gasteiger partial charge in [-0.3, -0.25) is 0 Å². The van der Waals surface area contributed by atoms with Crippen LogP contribution in [0.2, 0.25) is 0 Å². The van der Waals surface area contributed by atoms with Crippen LogP contribution < -0.4 is 5.32 Å². The minimum absolute atomic E-state index is 0.0264. The molecule has 0 radical (unpaired) electrons. The molecule has 0 aromatic rings. The van der Waals surface area contributed by atoms with Crippen LogP contribution in [0.1, 0.15) is 46.0 Å². The molecule has 1 aliphatic carbocycles. The summed E-state index contributed by atoms with van der Waals surface area (Å²) in [6.45, 7) is 5.28. The Morgan fingerprint density at radius 2 is 1.94 bits per heavy atom. The van der Waals surface area contributed by atoms with E-state index >= 15 is 0 Å². The van der Waals surface area contributed by atoms with Crippen LogP contribution in [0.25, 0.3) is 0 Å². The number of hydrogen-bond acceptors (Lipinski definition) is 2. The maximum Gasteiger partial charge on any atom is 0.317 e. The molecular weight excluding hydrogens is 216 g/mol. The Kier molecular flexibility index (Phi) is 6.34. The third kappa shape index (κ3) is 4.54. The minimum Gasteiger partial charge on any atom is -0.395 e. The highest BCUT2D eigenvalue weighted by Gasteiger charge is 2.22. The lowest BCUT2D eigenvalue weighted by Crippen LogP contribution is -2.46. The summed E-state index contributed by atoms with van der Waals surface area (Å²) in [6, 6.07) is 0.305. The maximum atomic E-state index is 11.9. The SMILES string of the molecule is CCC1CCC(NC(=O)N(CC)CCO)CC1. The summed E-state index contributed by atoms with van der Waals surface area (Å²) in [5.41, 5.74) is 0. The van der Waals surface area contributed by atoms with Crippen molar-refractivity contribution in [2.24, 2.45) is 5.92 Å². The number of aliphatic hydroxyl groups is 1. The van der Waals surface area contributed by atoms with Gasteiger partial charge in [0.05, 0.1) is 6.61 Å². The molecule has 0 aliphatic heterocycles. The van der Waals surface area contributed by atoms with Gasteiger partial charge in [-0.2, -0.15) is 0 Å². The molecule has 0 atom stereocenters. The Morgan fingerprint density at radius 1 is 1.29 bits per heavy atom. The summed E-state index contributed by atoms with van der Waals surface area (Å²) >= 11 is 0. The second-order valence-electron chi connectivity index (χ2n) is 4.88. The van der Waals surface area contributed by atoms with E-state index in [-0.39, 0.29) is 12.6 Å². The minimum atomic E-state index is -0.0264. The van der Waals surface area contributed by atoms with Gasteiger partial charge in [0.15, 0.2) is 0 Å². The van der Waals surface area contributed by atoms with E-state index in [0.29, 0.717) is 19.1 Å². The predicted molar refractivity (Wildman–Crippen MR) is 68.9 cm³/mol. The summed E-state index contributed by atoms with van der Waals surface area (Å²) in [4.78, 5) is 13.5. The van der Waals surface area contributed by atoms with Gasteiger partial charge in [-0.15, -0.1) is 0 Å². The molecule has 4 nitrogen and oxygen atoms in total. The van der Waals surface area contributed by atoms with Crippen molar-refractivity contribution in [1.29, 1.82) is 0 Å². The van der Waals surface area contributed by atoms with E-state index in [1.54, 1.807) is 4.90 Å². The zero-order valence-corrected chi connectivity index (χ0v) is 11.1. The fraction of sp³-hybridized carbons (Fsp3) is 0.923. The second kappa shape index (κ2) is 7.54. The van der Waals surface area contributed by atoms with E-state index < -0.39 is 0 Å². The van der Waals surface area contributed by atoms with Crippen molar-refractivity contribution in [3.05, 3.63) is 0 Å². The standard InChI is InChI=1S/C13H26N2O2/c1-3-11-5-7-12(8-6-11)14-13(17)15(4-2)9-10-16/h11-12,16H,3-10H2,1-2H3,(H,14,17). The molecule has 0 aromatic heterocycles. The lowest BCUT2D eigenvalue weighted by atomic mass is 9.84. The number of carbonyl (C=O) groups is 1. The molecule has 1 saturated carbocycles. The van der Waals surface area contributed by atoms with Gasteiger partial charge in [0.1, 0.15) is 0 Å². The van der Waals surface area contributed by atoms with Crippen molar-refractivity contribution in [1.82, 2.24) is 10.2 Å². The Hall–Kier alpha value is -0.770. The fourth-order valence-electron chi connectivity index (χ4n) is 2.50. The summed E-state index contributed by atoms with van der Waals surface area (Å²) < 4.78 is 0. The van der Waals surface area contributed by atoms with Crippen molar-refractivity contribution in [3.63, 3.8) is 0 Å². The van der Waals surface area contributed by atoms with Crippen LogP contribution in [0.4, 0.5) is 4.79 Å². The maximum absolute atomic E-state index is 11.9. The first kappa shape index (κ1) is 14.3. The zero-order valence-electron chi connectivity index (χ0n) is 11.1. The third-order valence-corrected chi connectivity index (χ3v) is 3.79. The van der Waals surface area contributed by atoms with Crippen molar-refractivity contribution < 1.29 is 9.90 Å². The number of nitrogens with one attached hydrogen (secondary N) is 1. The normalized spacial score (nSPS) is 24.4. The number of rotatable bonds is 5. The van der Waals surface area contributed by atoms with Crippen LogP contribution in [0, 0.1) is 5.92 Å². The molecule has 100 valence electrons. The average Bonchev–Trinajstić information content (AvgIpc) is 2.36. The Morgan fingerprint density at radius 3 is 2.41 bits per heavy atom. The molecule has 1 fully saturated rings. The first-order valence-electron chi connectivity index (χ1n) is 6.87. The third-order valence-electron chi connectivity index (χ3n) is 3.79. The Balaban J connectivity index is 2.31. The van der Waals surface area contributed by atoms with E-state index in [1.807, 2.05) is 6.92 Å². The van der Waals surface area contributed by atoms with Gasteiger partial charge in [0.2, 0.25) is 0 Å². The van der Waals surface area contributed by atoms with Gasteiger partial charge in [0.25, 0.3) is 0 Å². The Bertz CT molecular complexity index is 225. The van der Waals surface area contributed by atoms with Gasteiger partial charge in [-0.05, 0) is 38.5 Å². The van der Waals surface area contributed by atoms with Crippen LogP contribution in [0.5, 0.6) is 0 Å². The van der Waals surface area contributed by atoms with Crippen LogP contribution in [-0.2, 0) is 0 Å². The molecule has 17 heavy (non-hydrogen) atoms. The average molecular weight is 242 g/mol.